The summed E-state index contributed by atoms with van der Waals surface area (Å²) in [5.41, 5.74) is 2.77. The largest absolute Gasteiger partial charge is 0.298 e. The van der Waals surface area contributed by atoms with Crippen LogP contribution in [0.15, 0.2) is 41.8 Å². The predicted molar refractivity (Wildman–Crippen MR) is 74.3 cm³/mol. The van der Waals surface area contributed by atoms with Crippen LogP contribution in [-0.2, 0) is 6.54 Å². The quantitative estimate of drug-likeness (QED) is 0.787. The van der Waals surface area contributed by atoms with Crippen LogP contribution in [0.1, 0.15) is 17.7 Å². The second-order valence-corrected chi connectivity index (χ2v) is 5.61. The lowest BCUT2D eigenvalue weighted by atomic mass is 10.1. The van der Waals surface area contributed by atoms with Gasteiger partial charge in [-0.05, 0) is 48.5 Å². The van der Waals surface area contributed by atoms with Gasteiger partial charge in [-0.2, -0.15) is 0 Å². The van der Waals surface area contributed by atoms with Crippen LogP contribution in [0.4, 0.5) is 0 Å². The lowest BCUT2D eigenvalue weighted by Gasteiger charge is -2.14. The van der Waals surface area contributed by atoms with Crippen LogP contribution >= 0.6 is 11.3 Å². The van der Waals surface area contributed by atoms with E-state index in [0.717, 1.165) is 6.54 Å². The fraction of sp³-hybridized carbons (Fsp3) is 0.333. The third kappa shape index (κ3) is 2.43. The summed E-state index contributed by atoms with van der Waals surface area (Å²) in [4.78, 5) is 4.08. The zero-order valence-electron chi connectivity index (χ0n) is 9.93. The Kier molecular flexibility index (Phi) is 3.25. The van der Waals surface area contributed by atoms with Gasteiger partial charge in [-0.1, -0.05) is 30.3 Å². The van der Waals surface area contributed by atoms with Gasteiger partial charge in [0.2, 0.25) is 0 Å². The number of rotatable bonds is 3. The molecule has 1 fully saturated rings. The first-order chi connectivity index (χ1) is 8.43. The minimum atomic E-state index is 1.13. The Bertz CT molecular complexity index is 469. The maximum Gasteiger partial charge on any atom is 0.0334 e. The first kappa shape index (κ1) is 11.0. The molecule has 0 unspecified atom stereocenters. The van der Waals surface area contributed by atoms with E-state index in [1.54, 1.807) is 0 Å². The summed E-state index contributed by atoms with van der Waals surface area (Å²) in [5.74, 6) is 0. The van der Waals surface area contributed by atoms with Crippen molar-refractivity contribution in [2.45, 2.75) is 19.4 Å². The predicted octanol–water partition coefficient (Wildman–Crippen LogP) is 4.01. The molecule has 0 radical (unpaired) electrons. The molecule has 0 spiro atoms. The van der Waals surface area contributed by atoms with E-state index in [-0.39, 0.29) is 0 Å². The normalized spacial score (nSPS) is 16.5. The molecule has 2 heterocycles. The summed E-state index contributed by atoms with van der Waals surface area (Å²) in [7, 11) is 0. The Morgan fingerprint density at radius 1 is 1.00 bits per heavy atom. The molecule has 1 aromatic heterocycles. The number of benzene rings is 1. The van der Waals surface area contributed by atoms with E-state index in [2.05, 4.69) is 46.7 Å². The van der Waals surface area contributed by atoms with Crippen LogP contribution in [0.25, 0.3) is 11.1 Å². The van der Waals surface area contributed by atoms with E-state index in [0.29, 0.717) is 0 Å². The summed E-state index contributed by atoms with van der Waals surface area (Å²) in [5, 5.41) is 2.22. The standard InChI is InChI=1S/C15H17NS/c1-2-6-13(7-3-1)14-8-11-17-15(14)12-16-9-4-5-10-16/h1-3,6-8,11H,4-5,9-10,12H2. The molecular weight excluding hydrogens is 226 g/mol. The second kappa shape index (κ2) is 5.03. The molecule has 0 amide bonds. The van der Waals surface area contributed by atoms with Crippen molar-refractivity contribution in [3.8, 4) is 11.1 Å². The topological polar surface area (TPSA) is 3.24 Å². The minimum absolute atomic E-state index is 1.13. The summed E-state index contributed by atoms with van der Waals surface area (Å²) in [6.45, 7) is 3.67. The number of thiophene rings is 1. The highest BCUT2D eigenvalue weighted by molar-refractivity contribution is 7.10. The van der Waals surface area contributed by atoms with Crippen molar-refractivity contribution < 1.29 is 0 Å². The summed E-state index contributed by atoms with van der Waals surface area (Å²) in [6, 6.07) is 13.0. The van der Waals surface area contributed by atoms with Crippen LogP contribution < -0.4 is 0 Å². The van der Waals surface area contributed by atoms with Gasteiger partial charge in [-0.15, -0.1) is 11.3 Å². The van der Waals surface area contributed by atoms with Gasteiger partial charge >= 0.3 is 0 Å². The number of hydrogen-bond acceptors (Lipinski definition) is 2. The molecular formula is C15H17NS. The average molecular weight is 243 g/mol. The van der Waals surface area contributed by atoms with Crippen molar-refractivity contribution in [3.63, 3.8) is 0 Å². The van der Waals surface area contributed by atoms with Crippen molar-refractivity contribution in [3.05, 3.63) is 46.7 Å². The molecule has 2 aromatic rings. The molecule has 0 atom stereocenters. The Balaban J connectivity index is 1.84. The molecule has 1 aromatic carbocycles. The monoisotopic (exact) mass is 243 g/mol. The minimum Gasteiger partial charge on any atom is -0.298 e. The van der Waals surface area contributed by atoms with E-state index < -0.39 is 0 Å². The fourth-order valence-electron chi connectivity index (χ4n) is 2.48. The molecule has 88 valence electrons. The molecule has 2 heteroatoms. The van der Waals surface area contributed by atoms with Gasteiger partial charge < -0.3 is 0 Å². The Labute approximate surface area is 107 Å². The number of hydrogen-bond donors (Lipinski definition) is 0. The molecule has 1 aliphatic rings. The maximum absolute atomic E-state index is 2.57. The van der Waals surface area contributed by atoms with Crippen LogP contribution in [0, 0.1) is 0 Å². The highest BCUT2D eigenvalue weighted by Crippen LogP contribution is 2.29. The van der Waals surface area contributed by atoms with Crippen molar-refractivity contribution in [1.29, 1.82) is 0 Å². The first-order valence-corrected chi connectivity index (χ1v) is 7.15. The molecule has 1 aliphatic heterocycles. The molecule has 0 N–H and O–H groups in total. The molecule has 0 bridgehead atoms. The van der Waals surface area contributed by atoms with Crippen molar-refractivity contribution in [1.82, 2.24) is 4.90 Å². The summed E-state index contributed by atoms with van der Waals surface area (Å²) in [6.07, 6.45) is 2.73. The van der Waals surface area contributed by atoms with Crippen molar-refractivity contribution in [2.24, 2.45) is 0 Å². The molecule has 3 rings (SSSR count). The third-order valence-electron chi connectivity index (χ3n) is 3.40. The van der Waals surface area contributed by atoms with Crippen LogP contribution in [0.3, 0.4) is 0 Å². The zero-order chi connectivity index (χ0) is 11.5. The molecule has 1 saturated heterocycles. The van der Waals surface area contributed by atoms with E-state index >= 15 is 0 Å². The van der Waals surface area contributed by atoms with Crippen LogP contribution in [0.5, 0.6) is 0 Å². The Hall–Kier alpha value is -1.12. The molecule has 0 aliphatic carbocycles. The summed E-state index contributed by atoms with van der Waals surface area (Å²) >= 11 is 1.89. The van der Waals surface area contributed by atoms with Gasteiger partial charge in [0.1, 0.15) is 0 Å². The SMILES string of the molecule is c1ccc(-c2ccsc2CN2CCCC2)cc1. The summed E-state index contributed by atoms with van der Waals surface area (Å²) < 4.78 is 0. The highest BCUT2D eigenvalue weighted by atomic mass is 32.1. The Morgan fingerprint density at radius 3 is 2.53 bits per heavy atom. The fourth-order valence-corrected chi connectivity index (χ4v) is 3.42. The van der Waals surface area contributed by atoms with E-state index in [4.69, 9.17) is 0 Å². The molecule has 0 saturated carbocycles. The first-order valence-electron chi connectivity index (χ1n) is 6.27. The van der Waals surface area contributed by atoms with Gasteiger partial charge in [-0.3, -0.25) is 4.90 Å². The lowest BCUT2D eigenvalue weighted by molar-refractivity contribution is 0.335. The van der Waals surface area contributed by atoms with Crippen LogP contribution in [-0.4, -0.2) is 18.0 Å². The maximum atomic E-state index is 2.57. The van der Waals surface area contributed by atoms with Crippen molar-refractivity contribution in [2.75, 3.05) is 13.1 Å². The van der Waals surface area contributed by atoms with Gasteiger partial charge in [0.05, 0.1) is 0 Å². The lowest BCUT2D eigenvalue weighted by Crippen LogP contribution is -2.17. The second-order valence-electron chi connectivity index (χ2n) is 4.61. The van der Waals surface area contributed by atoms with Gasteiger partial charge in [0, 0.05) is 11.4 Å². The van der Waals surface area contributed by atoms with Crippen molar-refractivity contribution >= 4 is 11.3 Å². The average Bonchev–Trinajstić information content (AvgIpc) is 3.02. The molecule has 1 nitrogen and oxygen atoms in total. The third-order valence-corrected chi connectivity index (χ3v) is 4.30. The van der Waals surface area contributed by atoms with E-state index in [1.165, 1.54) is 41.9 Å². The highest BCUT2D eigenvalue weighted by Gasteiger charge is 2.15. The molecule has 17 heavy (non-hydrogen) atoms. The Morgan fingerprint density at radius 2 is 1.76 bits per heavy atom. The number of nitrogens with zero attached hydrogens (tertiary/aromatic N) is 1. The van der Waals surface area contributed by atoms with Crippen LogP contribution in [0.2, 0.25) is 0 Å². The zero-order valence-corrected chi connectivity index (χ0v) is 10.7. The number of likely N-dealkylation sites (tertiary alicyclic amines) is 1. The van der Waals surface area contributed by atoms with Gasteiger partial charge in [0.25, 0.3) is 0 Å². The van der Waals surface area contributed by atoms with E-state index in [1.807, 2.05) is 11.3 Å². The van der Waals surface area contributed by atoms with Gasteiger partial charge in [0.15, 0.2) is 0 Å². The smallest absolute Gasteiger partial charge is 0.0334 e. The van der Waals surface area contributed by atoms with Gasteiger partial charge in [-0.25, -0.2) is 0 Å². The van der Waals surface area contributed by atoms with E-state index in [9.17, 15) is 0 Å².